The van der Waals surface area contributed by atoms with E-state index in [1.165, 1.54) is 18.5 Å². The largest absolute Gasteiger partial charge is 0.399 e. The predicted octanol–water partition coefficient (Wildman–Crippen LogP) is 2.65. The molecule has 3 nitrogen and oxygen atoms in total. The van der Waals surface area contributed by atoms with Crippen LogP contribution >= 0.6 is 0 Å². The molecule has 0 radical (unpaired) electrons. The van der Waals surface area contributed by atoms with E-state index in [9.17, 15) is 0 Å². The van der Waals surface area contributed by atoms with Crippen LogP contribution in [0.5, 0.6) is 0 Å². The number of nitrogen functional groups attached to an aromatic ring is 1. The van der Waals surface area contributed by atoms with Crippen LogP contribution in [0.1, 0.15) is 32.6 Å². The van der Waals surface area contributed by atoms with Crippen LogP contribution in [0.15, 0.2) is 24.3 Å². The molecule has 0 saturated heterocycles. The van der Waals surface area contributed by atoms with Crippen molar-refractivity contribution in [1.82, 2.24) is 0 Å². The summed E-state index contributed by atoms with van der Waals surface area (Å²) >= 11 is 0. The Hall–Kier alpha value is -1.22. The standard InChI is InChI=1S/C14H24N2O/c1-2-16(11-5-3-4-6-12-17)14-9-7-13(15)8-10-14/h7-10,17H,2-6,11-12,15H2,1H3. The van der Waals surface area contributed by atoms with Crippen LogP contribution in [0.25, 0.3) is 0 Å². The third-order valence-corrected chi connectivity index (χ3v) is 2.98. The Labute approximate surface area is 104 Å². The fourth-order valence-electron chi connectivity index (χ4n) is 1.92. The number of aliphatic hydroxyl groups excluding tert-OH is 1. The highest BCUT2D eigenvalue weighted by molar-refractivity contribution is 5.52. The molecule has 3 N–H and O–H groups in total. The molecule has 0 saturated carbocycles. The van der Waals surface area contributed by atoms with Crippen molar-refractivity contribution in [2.45, 2.75) is 32.6 Å². The average molecular weight is 236 g/mol. The zero-order chi connectivity index (χ0) is 12.5. The van der Waals surface area contributed by atoms with Gasteiger partial charge in [0.05, 0.1) is 0 Å². The van der Waals surface area contributed by atoms with Gasteiger partial charge in [0, 0.05) is 31.1 Å². The molecule has 1 aromatic rings. The lowest BCUT2D eigenvalue weighted by Gasteiger charge is -2.23. The third kappa shape index (κ3) is 5.09. The maximum absolute atomic E-state index is 8.70. The van der Waals surface area contributed by atoms with Crippen molar-refractivity contribution >= 4 is 11.4 Å². The molecule has 0 bridgehead atoms. The number of nitrogens with zero attached hydrogens (tertiary/aromatic N) is 1. The quantitative estimate of drug-likeness (QED) is 0.539. The normalized spacial score (nSPS) is 10.5. The van der Waals surface area contributed by atoms with E-state index in [-0.39, 0.29) is 0 Å². The van der Waals surface area contributed by atoms with E-state index in [0.29, 0.717) is 6.61 Å². The van der Waals surface area contributed by atoms with E-state index < -0.39 is 0 Å². The minimum Gasteiger partial charge on any atom is -0.399 e. The molecule has 0 heterocycles. The first-order chi connectivity index (χ1) is 8.27. The van der Waals surface area contributed by atoms with E-state index in [2.05, 4.69) is 24.0 Å². The van der Waals surface area contributed by atoms with Crippen LogP contribution in [-0.2, 0) is 0 Å². The zero-order valence-electron chi connectivity index (χ0n) is 10.7. The summed E-state index contributed by atoms with van der Waals surface area (Å²) in [4.78, 5) is 2.36. The van der Waals surface area contributed by atoms with Crippen LogP contribution in [-0.4, -0.2) is 24.8 Å². The topological polar surface area (TPSA) is 49.5 Å². The second kappa shape index (κ2) is 7.96. The first-order valence-corrected chi connectivity index (χ1v) is 6.49. The second-order valence-corrected chi connectivity index (χ2v) is 4.31. The van der Waals surface area contributed by atoms with Gasteiger partial charge < -0.3 is 15.7 Å². The Kier molecular flexibility index (Phi) is 6.48. The highest BCUT2D eigenvalue weighted by Gasteiger charge is 2.03. The van der Waals surface area contributed by atoms with Crippen molar-refractivity contribution in [1.29, 1.82) is 0 Å². The van der Waals surface area contributed by atoms with Gasteiger partial charge in [-0.25, -0.2) is 0 Å². The van der Waals surface area contributed by atoms with Crippen molar-refractivity contribution < 1.29 is 5.11 Å². The number of benzene rings is 1. The molecule has 0 fully saturated rings. The molecule has 3 heteroatoms. The smallest absolute Gasteiger partial charge is 0.0431 e. The van der Waals surface area contributed by atoms with E-state index in [0.717, 1.165) is 31.6 Å². The van der Waals surface area contributed by atoms with Crippen molar-refractivity contribution in [3.8, 4) is 0 Å². The first kappa shape index (κ1) is 13.8. The van der Waals surface area contributed by atoms with Crippen LogP contribution < -0.4 is 10.6 Å². The molecule has 0 amide bonds. The molecule has 0 aliphatic carbocycles. The Morgan fingerprint density at radius 3 is 2.29 bits per heavy atom. The van der Waals surface area contributed by atoms with Gasteiger partial charge in [-0.3, -0.25) is 0 Å². The van der Waals surface area contributed by atoms with Crippen LogP contribution in [0.2, 0.25) is 0 Å². The first-order valence-electron chi connectivity index (χ1n) is 6.49. The summed E-state index contributed by atoms with van der Waals surface area (Å²) < 4.78 is 0. The van der Waals surface area contributed by atoms with Crippen LogP contribution in [0, 0.1) is 0 Å². The van der Waals surface area contributed by atoms with Gasteiger partial charge in [-0.15, -0.1) is 0 Å². The summed E-state index contributed by atoms with van der Waals surface area (Å²) in [5.41, 5.74) is 7.73. The molecular formula is C14H24N2O. The van der Waals surface area contributed by atoms with Crippen molar-refractivity contribution in [3.05, 3.63) is 24.3 Å². The summed E-state index contributed by atoms with van der Waals surface area (Å²) in [5.74, 6) is 0. The van der Waals surface area contributed by atoms with E-state index in [4.69, 9.17) is 10.8 Å². The zero-order valence-corrected chi connectivity index (χ0v) is 10.7. The Morgan fingerprint density at radius 1 is 1.06 bits per heavy atom. The summed E-state index contributed by atoms with van der Waals surface area (Å²) in [6.45, 7) is 4.58. The van der Waals surface area contributed by atoms with Gasteiger partial charge in [-0.2, -0.15) is 0 Å². The highest BCUT2D eigenvalue weighted by atomic mass is 16.2. The lowest BCUT2D eigenvalue weighted by atomic mass is 10.2. The van der Waals surface area contributed by atoms with Crippen LogP contribution in [0.4, 0.5) is 11.4 Å². The number of anilines is 2. The highest BCUT2D eigenvalue weighted by Crippen LogP contribution is 2.16. The molecule has 0 aliphatic heterocycles. The summed E-state index contributed by atoms with van der Waals surface area (Å²) in [6, 6.07) is 8.05. The molecule has 1 rings (SSSR count). The van der Waals surface area contributed by atoms with Gasteiger partial charge in [0.1, 0.15) is 0 Å². The third-order valence-electron chi connectivity index (χ3n) is 2.98. The van der Waals surface area contributed by atoms with Gasteiger partial charge in [0.25, 0.3) is 0 Å². The minimum atomic E-state index is 0.315. The molecule has 96 valence electrons. The molecule has 0 aromatic heterocycles. The number of nitrogens with two attached hydrogens (primary N) is 1. The molecule has 0 spiro atoms. The molecule has 17 heavy (non-hydrogen) atoms. The maximum Gasteiger partial charge on any atom is 0.0431 e. The van der Waals surface area contributed by atoms with Gasteiger partial charge in [0.2, 0.25) is 0 Å². The van der Waals surface area contributed by atoms with Crippen molar-refractivity contribution in [3.63, 3.8) is 0 Å². The predicted molar refractivity (Wildman–Crippen MR) is 74.3 cm³/mol. The monoisotopic (exact) mass is 236 g/mol. The average Bonchev–Trinajstić information content (AvgIpc) is 2.35. The van der Waals surface area contributed by atoms with Crippen molar-refractivity contribution in [2.75, 3.05) is 30.3 Å². The van der Waals surface area contributed by atoms with Gasteiger partial charge in [-0.1, -0.05) is 12.8 Å². The molecular weight excluding hydrogens is 212 g/mol. The Morgan fingerprint density at radius 2 is 1.71 bits per heavy atom. The SMILES string of the molecule is CCN(CCCCCCO)c1ccc(N)cc1. The molecule has 0 aliphatic rings. The number of hydrogen-bond acceptors (Lipinski definition) is 3. The van der Waals surface area contributed by atoms with Gasteiger partial charge in [0.15, 0.2) is 0 Å². The van der Waals surface area contributed by atoms with Gasteiger partial charge in [-0.05, 0) is 44.0 Å². The van der Waals surface area contributed by atoms with E-state index >= 15 is 0 Å². The summed E-state index contributed by atoms with van der Waals surface area (Å²) in [6.07, 6.45) is 4.41. The lowest BCUT2D eigenvalue weighted by Crippen LogP contribution is -2.23. The Balaban J connectivity index is 2.35. The fourth-order valence-corrected chi connectivity index (χ4v) is 1.92. The fraction of sp³-hybridized carbons (Fsp3) is 0.571. The summed E-state index contributed by atoms with van der Waals surface area (Å²) in [7, 11) is 0. The van der Waals surface area contributed by atoms with E-state index in [1.54, 1.807) is 0 Å². The molecule has 1 aromatic carbocycles. The Bertz CT molecular complexity index is 298. The minimum absolute atomic E-state index is 0.315. The molecule has 0 unspecified atom stereocenters. The number of rotatable bonds is 8. The van der Waals surface area contributed by atoms with E-state index in [1.807, 2.05) is 12.1 Å². The number of hydrogen-bond donors (Lipinski definition) is 2. The van der Waals surface area contributed by atoms with Gasteiger partial charge >= 0.3 is 0 Å². The second-order valence-electron chi connectivity index (χ2n) is 4.31. The molecule has 0 atom stereocenters. The lowest BCUT2D eigenvalue weighted by molar-refractivity contribution is 0.282. The number of aliphatic hydroxyl groups is 1. The van der Waals surface area contributed by atoms with Crippen molar-refractivity contribution in [2.24, 2.45) is 0 Å². The maximum atomic E-state index is 8.70. The van der Waals surface area contributed by atoms with Crippen LogP contribution in [0.3, 0.4) is 0 Å². The summed E-state index contributed by atoms with van der Waals surface area (Å²) in [5, 5.41) is 8.70. The number of unbranched alkanes of at least 4 members (excludes halogenated alkanes) is 3.